The molecule has 2 aromatic heterocycles. The molecule has 9 nitrogen and oxygen atoms in total. The summed E-state index contributed by atoms with van der Waals surface area (Å²) >= 11 is 11.6. The second-order valence-corrected chi connectivity index (χ2v) is 7.00. The molecule has 3 rings (SSSR count). The molecule has 11 heteroatoms. The molecule has 29 heavy (non-hydrogen) atoms. The first-order valence-corrected chi connectivity index (χ1v) is 9.00. The summed E-state index contributed by atoms with van der Waals surface area (Å²) in [5.74, 6) is -1.96. The fourth-order valence-corrected chi connectivity index (χ4v) is 3.31. The van der Waals surface area contributed by atoms with E-state index < -0.39 is 36.2 Å². The Balaban J connectivity index is 2.08. The quantitative estimate of drug-likeness (QED) is 0.588. The van der Waals surface area contributed by atoms with Crippen LogP contribution in [-0.2, 0) is 22.7 Å². The zero-order valence-electron chi connectivity index (χ0n) is 15.0. The van der Waals surface area contributed by atoms with Crippen LogP contribution in [0.15, 0.2) is 39.9 Å². The first-order chi connectivity index (χ1) is 13.7. The van der Waals surface area contributed by atoms with E-state index in [1.54, 1.807) is 13.0 Å². The molecule has 0 aliphatic carbocycles. The highest BCUT2D eigenvalue weighted by molar-refractivity contribution is 6.33. The number of pyridine rings is 1. The van der Waals surface area contributed by atoms with Crippen molar-refractivity contribution in [1.29, 1.82) is 0 Å². The predicted molar refractivity (Wildman–Crippen MR) is 108 cm³/mol. The van der Waals surface area contributed by atoms with E-state index in [-0.39, 0.29) is 26.9 Å². The number of nitrogens with zero attached hydrogens (tertiary/aromatic N) is 3. The minimum absolute atomic E-state index is 0.0703. The third kappa shape index (κ3) is 4.47. The molecule has 0 unspecified atom stereocenters. The molecule has 0 aliphatic heterocycles. The number of carbonyl (C=O) groups is 2. The van der Waals surface area contributed by atoms with Crippen LogP contribution in [0.3, 0.4) is 0 Å². The Bertz CT molecular complexity index is 1250. The predicted octanol–water partition coefficient (Wildman–Crippen LogP) is 1.90. The van der Waals surface area contributed by atoms with Crippen LogP contribution in [0.4, 0.5) is 5.69 Å². The van der Waals surface area contributed by atoms with Gasteiger partial charge in [-0.25, -0.2) is 14.3 Å². The molecule has 3 aromatic rings. The maximum absolute atomic E-state index is 12.8. The first-order valence-electron chi connectivity index (χ1n) is 8.24. The highest BCUT2D eigenvalue weighted by atomic mass is 35.5. The third-order valence-electron chi connectivity index (χ3n) is 4.02. The molecule has 2 heterocycles. The summed E-state index contributed by atoms with van der Waals surface area (Å²) in [5, 5.41) is 11.9. The molecule has 0 atom stereocenters. The summed E-state index contributed by atoms with van der Waals surface area (Å²) in [6, 6.07) is 7.50. The SMILES string of the molecule is Cc1ccc2c(c1)c(=O)n(CC(=O)O)c(=O)n2CC(=O)Nc1cc(Cl)nc(Cl)c1. The Kier molecular flexibility index (Phi) is 5.71. The lowest BCUT2D eigenvalue weighted by Gasteiger charge is -2.14. The Labute approximate surface area is 173 Å². The minimum atomic E-state index is -1.35. The van der Waals surface area contributed by atoms with E-state index in [2.05, 4.69) is 10.3 Å². The van der Waals surface area contributed by atoms with Crippen LogP contribution in [0.25, 0.3) is 10.9 Å². The van der Waals surface area contributed by atoms with Crippen LogP contribution in [0.5, 0.6) is 0 Å². The van der Waals surface area contributed by atoms with Gasteiger partial charge in [-0.15, -0.1) is 0 Å². The fourth-order valence-electron chi connectivity index (χ4n) is 2.85. The topological polar surface area (TPSA) is 123 Å². The molecule has 0 saturated heterocycles. The third-order valence-corrected chi connectivity index (χ3v) is 4.41. The van der Waals surface area contributed by atoms with Gasteiger partial charge < -0.3 is 10.4 Å². The summed E-state index contributed by atoms with van der Waals surface area (Å²) in [7, 11) is 0. The van der Waals surface area contributed by atoms with Crippen molar-refractivity contribution in [2.75, 3.05) is 5.32 Å². The van der Waals surface area contributed by atoms with Gasteiger partial charge in [-0.1, -0.05) is 34.8 Å². The number of carbonyl (C=O) groups excluding carboxylic acids is 1. The largest absolute Gasteiger partial charge is 0.480 e. The van der Waals surface area contributed by atoms with Gasteiger partial charge in [0.2, 0.25) is 5.91 Å². The van der Waals surface area contributed by atoms with Gasteiger partial charge in [-0.2, -0.15) is 0 Å². The van der Waals surface area contributed by atoms with Crippen molar-refractivity contribution >= 4 is 51.7 Å². The number of carboxylic acid groups (broad SMARTS) is 1. The summed E-state index contributed by atoms with van der Waals surface area (Å²) < 4.78 is 1.62. The summed E-state index contributed by atoms with van der Waals surface area (Å²) in [4.78, 5) is 52.7. The first kappa shape index (κ1) is 20.6. The van der Waals surface area contributed by atoms with Crippen LogP contribution in [0.2, 0.25) is 10.3 Å². The average molecular weight is 437 g/mol. The van der Waals surface area contributed by atoms with Gasteiger partial charge in [-0.05, 0) is 31.2 Å². The van der Waals surface area contributed by atoms with Crippen LogP contribution < -0.4 is 16.6 Å². The lowest BCUT2D eigenvalue weighted by Crippen LogP contribution is -2.43. The van der Waals surface area contributed by atoms with E-state index in [1.807, 2.05) is 0 Å². The number of fused-ring (bicyclic) bond motifs is 1. The number of amides is 1. The van der Waals surface area contributed by atoms with E-state index in [4.69, 9.17) is 28.3 Å². The molecule has 0 bridgehead atoms. The number of benzene rings is 1. The van der Waals surface area contributed by atoms with Gasteiger partial charge in [0.1, 0.15) is 23.4 Å². The number of aromatic nitrogens is 3. The maximum Gasteiger partial charge on any atom is 0.332 e. The van der Waals surface area contributed by atoms with Crippen LogP contribution >= 0.6 is 23.2 Å². The number of nitrogens with one attached hydrogen (secondary N) is 1. The smallest absolute Gasteiger partial charge is 0.332 e. The van der Waals surface area contributed by atoms with Crippen molar-refractivity contribution in [3.63, 3.8) is 0 Å². The molecule has 0 radical (unpaired) electrons. The van der Waals surface area contributed by atoms with E-state index >= 15 is 0 Å². The number of aryl methyl sites for hydroxylation is 1. The number of hydrogen-bond donors (Lipinski definition) is 2. The number of aliphatic carboxylic acids is 1. The van der Waals surface area contributed by atoms with Gasteiger partial charge >= 0.3 is 11.7 Å². The van der Waals surface area contributed by atoms with Gasteiger partial charge in [0.15, 0.2) is 0 Å². The Morgan fingerprint density at radius 1 is 1.07 bits per heavy atom. The van der Waals surface area contributed by atoms with Gasteiger partial charge in [-0.3, -0.25) is 19.0 Å². The Morgan fingerprint density at radius 3 is 2.34 bits per heavy atom. The van der Waals surface area contributed by atoms with Crippen molar-refractivity contribution in [2.45, 2.75) is 20.0 Å². The molecule has 2 N–H and O–H groups in total. The van der Waals surface area contributed by atoms with Gasteiger partial charge in [0, 0.05) is 5.69 Å². The molecular weight excluding hydrogens is 423 g/mol. The minimum Gasteiger partial charge on any atom is -0.480 e. The van der Waals surface area contributed by atoms with E-state index in [1.165, 1.54) is 24.3 Å². The number of halogens is 2. The normalized spacial score (nSPS) is 10.9. The van der Waals surface area contributed by atoms with Crippen LogP contribution in [0, 0.1) is 6.92 Å². The standard InChI is InChI=1S/C18H14Cl2N4O5/c1-9-2-3-12-11(4-9)17(28)24(8-16(26)27)18(29)23(12)7-15(25)21-10-5-13(19)22-14(20)6-10/h2-6H,7-8H2,1H3,(H,26,27)(H,21,22,25). The van der Waals surface area contributed by atoms with Crippen molar-refractivity contribution < 1.29 is 14.7 Å². The van der Waals surface area contributed by atoms with Crippen molar-refractivity contribution in [3.8, 4) is 0 Å². The average Bonchev–Trinajstić information content (AvgIpc) is 2.61. The number of carboxylic acids is 1. The van der Waals surface area contributed by atoms with E-state index in [0.29, 0.717) is 4.57 Å². The maximum atomic E-state index is 12.8. The second-order valence-electron chi connectivity index (χ2n) is 6.22. The zero-order chi connectivity index (χ0) is 21.3. The van der Waals surface area contributed by atoms with E-state index in [9.17, 15) is 19.2 Å². The summed E-state index contributed by atoms with van der Waals surface area (Å²) in [6.45, 7) is 0.466. The number of hydrogen-bond acceptors (Lipinski definition) is 5. The molecule has 0 saturated carbocycles. The summed E-state index contributed by atoms with van der Waals surface area (Å²) in [6.07, 6.45) is 0. The van der Waals surface area contributed by atoms with E-state index in [0.717, 1.165) is 10.1 Å². The van der Waals surface area contributed by atoms with Crippen LogP contribution in [-0.4, -0.2) is 31.1 Å². The number of rotatable bonds is 5. The van der Waals surface area contributed by atoms with Crippen LogP contribution in [0.1, 0.15) is 5.56 Å². The highest BCUT2D eigenvalue weighted by Crippen LogP contribution is 2.19. The molecule has 1 aromatic carbocycles. The number of anilines is 1. The van der Waals surface area contributed by atoms with Gasteiger partial charge in [0.25, 0.3) is 5.56 Å². The second kappa shape index (κ2) is 8.06. The monoisotopic (exact) mass is 436 g/mol. The summed E-state index contributed by atoms with van der Waals surface area (Å²) in [5.41, 5.74) is -0.414. The van der Waals surface area contributed by atoms with Crippen molar-refractivity contribution in [2.24, 2.45) is 0 Å². The Morgan fingerprint density at radius 2 is 1.72 bits per heavy atom. The highest BCUT2D eigenvalue weighted by Gasteiger charge is 2.17. The zero-order valence-corrected chi connectivity index (χ0v) is 16.5. The molecule has 150 valence electrons. The van der Waals surface area contributed by atoms with Gasteiger partial charge in [0.05, 0.1) is 10.9 Å². The lowest BCUT2D eigenvalue weighted by atomic mass is 10.1. The fraction of sp³-hybridized carbons (Fsp3) is 0.167. The molecular formula is C18H14Cl2N4O5. The van der Waals surface area contributed by atoms with Crippen molar-refractivity contribution in [1.82, 2.24) is 14.1 Å². The molecule has 0 aliphatic rings. The molecule has 0 spiro atoms. The molecule has 1 amide bonds. The molecule has 0 fully saturated rings. The lowest BCUT2D eigenvalue weighted by molar-refractivity contribution is -0.137. The Hall–Kier alpha value is -3.17. The van der Waals surface area contributed by atoms with Crippen molar-refractivity contribution in [3.05, 3.63) is 67.0 Å².